The van der Waals surface area contributed by atoms with Gasteiger partial charge in [0.15, 0.2) is 0 Å². The maximum atomic E-state index is 12.8. The van der Waals surface area contributed by atoms with E-state index in [1.165, 1.54) is 22.9 Å². The van der Waals surface area contributed by atoms with E-state index in [9.17, 15) is 4.79 Å². The number of halogens is 1. The van der Waals surface area contributed by atoms with Gasteiger partial charge in [-0.25, -0.2) is 0 Å². The fourth-order valence-electron chi connectivity index (χ4n) is 3.11. The van der Waals surface area contributed by atoms with Crippen LogP contribution in [0.1, 0.15) is 18.1 Å². The number of thioether (sulfide) groups is 1. The molecule has 0 saturated heterocycles. The monoisotopic (exact) mass is 399 g/mol. The summed E-state index contributed by atoms with van der Waals surface area (Å²) in [5, 5.41) is 8.86. The minimum absolute atomic E-state index is 0.0840. The molecule has 4 rings (SSSR count). The molecular formula is C20H18ClN3O2S. The highest BCUT2D eigenvalue weighted by atomic mass is 35.5. The predicted molar refractivity (Wildman–Crippen MR) is 106 cm³/mol. The molecule has 1 aliphatic rings. The maximum absolute atomic E-state index is 12.8. The Bertz CT molecular complexity index is 958. The minimum Gasteiger partial charge on any atom is -0.411 e. The molecule has 0 radical (unpaired) electrons. The molecule has 0 N–H and O–H groups in total. The Labute approximate surface area is 166 Å². The van der Waals surface area contributed by atoms with Crippen LogP contribution in [0.4, 0.5) is 0 Å². The van der Waals surface area contributed by atoms with Crippen LogP contribution >= 0.6 is 23.4 Å². The predicted octanol–water partition coefficient (Wildman–Crippen LogP) is 4.46. The molecule has 27 heavy (non-hydrogen) atoms. The lowest BCUT2D eigenvalue weighted by molar-refractivity contribution is -0.131. The molecule has 1 aliphatic heterocycles. The standard InChI is InChI=1S/C20H18ClN3O2S/c1-13(19(25)24-11-10-14-4-2-3-5-16(14)12-24)27-20-23-22-18(26-20)15-6-8-17(21)9-7-15/h2-9,13H,10-12H2,1H3/t13-/m0/s1. The van der Waals surface area contributed by atoms with E-state index in [0.717, 1.165) is 18.5 Å². The molecule has 7 heteroatoms. The fourth-order valence-corrected chi connectivity index (χ4v) is 4.00. The van der Waals surface area contributed by atoms with Crippen molar-refractivity contribution in [2.75, 3.05) is 6.54 Å². The summed E-state index contributed by atoms with van der Waals surface area (Å²) in [6.07, 6.45) is 0.889. The van der Waals surface area contributed by atoms with E-state index in [1.54, 1.807) is 12.1 Å². The number of benzene rings is 2. The molecular weight excluding hydrogens is 382 g/mol. The third kappa shape index (κ3) is 4.01. The first-order chi connectivity index (χ1) is 13.1. The summed E-state index contributed by atoms with van der Waals surface area (Å²) in [6, 6.07) is 15.5. The highest BCUT2D eigenvalue weighted by molar-refractivity contribution is 8.00. The Morgan fingerprint density at radius 2 is 1.89 bits per heavy atom. The molecule has 2 heterocycles. The van der Waals surface area contributed by atoms with Crippen molar-refractivity contribution in [3.8, 4) is 11.5 Å². The lowest BCUT2D eigenvalue weighted by atomic mass is 10.00. The van der Waals surface area contributed by atoms with Gasteiger partial charge in [0, 0.05) is 23.7 Å². The Morgan fingerprint density at radius 1 is 1.15 bits per heavy atom. The average molecular weight is 400 g/mol. The largest absolute Gasteiger partial charge is 0.411 e. The van der Waals surface area contributed by atoms with Crippen LogP contribution in [0.3, 0.4) is 0 Å². The highest BCUT2D eigenvalue weighted by Crippen LogP contribution is 2.29. The van der Waals surface area contributed by atoms with Crippen molar-refractivity contribution in [2.45, 2.75) is 30.4 Å². The van der Waals surface area contributed by atoms with E-state index >= 15 is 0 Å². The first-order valence-electron chi connectivity index (χ1n) is 8.72. The third-order valence-electron chi connectivity index (χ3n) is 4.57. The van der Waals surface area contributed by atoms with Gasteiger partial charge in [-0.3, -0.25) is 4.79 Å². The average Bonchev–Trinajstić information content (AvgIpc) is 3.16. The highest BCUT2D eigenvalue weighted by Gasteiger charge is 2.26. The van der Waals surface area contributed by atoms with Gasteiger partial charge in [0.05, 0.1) is 5.25 Å². The molecule has 0 bridgehead atoms. The lowest BCUT2D eigenvalue weighted by Crippen LogP contribution is -2.40. The lowest BCUT2D eigenvalue weighted by Gasteiger charge is -2.30. The van der Waals surface area contributed by atoms with Gasteiger partial charge in [-0.05, 0) is 48.7 Å². The van der Waals surface area contributed by atoms with Gasteiger partial charge in [-0.2, -0.15) is 0 Å². The summed E-state index contributed by atoms with van der Waals surface area (Å²) in [6.45, 7) is 3.26. The summed E-state index contributed by atoms with van der Waals surface area (Å²) < 4.78 is 5.70. The maximum Gasteiger partial charge on any atom is 0.277 e. The number of amides is 1. The number of hydrogen-bond acceptors (Lipinski definition) is 5. The molecule has 2 aromatic carbocycles. The van der Waals surface area contributed by atoms with Gasteiger partial charge >= 0.3 is 0 Å². The van der Waals surface area contributed by atoms with Crippen LogP contribution in [0.15, 0.2) is 58.2 Å². The molecule has 0 fully saturated rings. The second-order valence-corrected chi connectivity index (χ2v) is 8.15. The van der Waals surface area contributed by atoms with Crippen molar-refractivity contribution in [1.82, 2.24) is 15.1 Å². The molecule has 0 saturated carbocycles. The van der Waals surface area contributed by atoms with E-state index in [4.69, 9.17) is 16.0 Å². The molecule has 5 nitrogen and oxygen atoms in total. The van der Waals surface area contributed by atoms with E-state index in [0.29, 0.717) is 22.7 Å². The second kappa shape index (κ2) is 7.74. The summed E-state index contributed by atoms with van der Waals surface area (Å²) in [5.74, 6) is 0.501. The van der Waals surface area contributed by atoms with Crippen LogP contribution < -0.4 is 0 Å². The summed E-state index contributed by atoms with van der Waals surface area (Å²) in [4.78, 5) is 14.7. The number of nitrogens with zero attached hydrogens (tertiary/aromatic N) is 3. The number of hydrogen-bond donors (Lipinski definition) is 0. The zero-order valence-corrected chi connectivity index (χ0v) is 16.3. The van der Waals surface area contributed by atoms with Crippen molar-refractivity contribution in [2.24, 2.45) is 0 Å². The Balaban J connectivity index is 1.41. The zero-order valence-electron chi connectivity index (χ0n) is 14.8. The van der Waals surface area contributed by atoms with Crippen LogP contribution in [0, 0.1) is 0 Å². The molecule has 0 unspecified atom stereocenters. The van der Waals surface area contributed by atoms with Gasteiger partial charge < -0.3 is 9.32 Å². The van der Waals surface area contributed by atoms with Crippen LogP contribution in [-0.4, -0.2) is 32.8 Å². The molecule has 1 aromatic heterocycles. The van der Waals surface area contributed by atoms with E-state index < -0.39 is 0 Å². The Kier molecular flexibility index (Phi) is 5.18. The van der Waals surface area contributed by atoms with Crippen molar-refractivity contribution in [3.05, 3.63) is 64.7 Å². The van der Waals surface area contributed by atoms with E-state index in [1.807, 2.05) is 36.1 Å². The SMILES string of the molecule is C[C@H](Sc1nnc(-c2ccc(Cl)cc2)o1)C(=O)N1CCc2ccccc2C1. The third-order valence-corrected chi connectivity index (χ3v) is 5.74. The van der Waals surface area contributed by atoms with Crippen molar-refractivity contribution in [1.29, 1.82) is 0 Å². The topological polar surface area (TPSA) is 59.2 Å². The fraction of sp³-hybridized carbons (Fsp3) is 0.250. The van der Waals surface area contributed by atoms with Crippen molar-refractivity contribution >= 4 is 29.3 Å². The quantitative estimate of drug-likeness (QED) is 0.606. The Hall–Kier alpha value is -2.31. The van der Waals surface area contributed by atoms with Crippen molar-refractivity contribution in [3.63, 3.8) is 0 Å². The normalized spacial score (nSPS) is 14.7. The van der Waals surface area contributed by atoms with Gasteiger partial charge in [0.2, 0.25) is 11.8 Å². The van der Waals surface area contributed by atoms with Crippen LogP contribution in [-0.2, 0) is 17.8 Å². The van der Waals surface area contributed by atoms with Gasteiger partial charge in [-0.15, -0.1) is 10.2 Å². The molecule has 1 amide bonds. The number of rotatable bonds is 4. The van der Waals surface area contributed by atoms with Crippen LogP contribution in [0.5, 0.6) is 0 Å². The van der Waals surface area contributed by atoms with Gasteiger partial charge in [0.1, 0.15) is 0 Å². The molecule has 3 aromatic rings. The van der Waals surface area contributed by atoms with Crippen molar-refractivity contribution < 1.29 is 9.21 Å². The summed E-state index contributed by atoms with van der Waals surface area (Å²) >= 11 is 7.19. The molecule has 0 spiro atoms. The van der Waals surface area contributed by atoms with E-state index in [-0.39, 0.29) is 11.2 Å². The molecule has 1 atom stereocenters. The van der Waals surface area contributed by atoms with Gasteiger partial charge in [-0.1, -0.05) is 47.6 Å². The molecule has 0 aliphatic carbocycles. The Morgan fingerprint density at radius 3 is 2.67 bits per heavy atom. The number of aromatic nitrogens is 2. The number of carbonyl (C=O) groups is 1. The van der Waals surface area contributed by atoms with Gasteiger partial charge in [0.25, 0.3) is 5.22 Å². The van der Waals surface area contributed by atoms with Crippen LogP contribution in [0.2, 0.25) is 5.02 Å². The first kappa shape index (κ1) is 18.1. The summed E-state index contributed by atoms with van der Waals surface area (Å²) in [7, 11) is 0. The first-order valence-corrected chi connectivity index (χ1v) is 9.97. The minimum atomic E-state index is -0.297. The number of fused-ring (bicyclic) bond motifs is 1. The summed E-state index contributed by atoms with van der Waals surface area (Å²) in [5.41, 5.74) is 3.34. The molecule has 138 valence electrons. The van der Waals surface area contributed by atoms with E-state index in [2.05, 4.69) is 22.3 Å². The zero-order chi connectivity index (χ0) is 18.8. The second-order valence-electron chi connectivity index (χ2n) is 6.42. The number of carbonyl (C=O) groups excluding carboxylic acids is 1. The smallest absolute Gasteiger partial charge is 0.277 e. The van der Waals surface area contributed by atoms with Crippen LogP contribution in [0.25, 0.3) is 11.5 Å².